The number of aryl methyl sites for hydroxylation is 1. The second kappa shape index (κ2) is 7.39. The molecule has 0 aliphatic heterocycles. The van der Waals surface area contributed by atoms with E-state index >= 15 is 0 Å². The number of rotatable bonds is 4. The Morgan fingerprint density at radius 3 is 2.59 bits per heavy atom. The quantitative estimate of drug-likeness (QED) is 0.735. The van der Waals surface area contributed by atoms with Crippen molar-refractivity contribution in [1.82, 2.24) is 14.5 Å². The Hall–Kier alpha value is -3.09. The van der Waals surface area contributed by atoms with Gasteiger partial charge in [0.25, 0.3) is 5.56 Å². The minimum absolute atomic E-state index is 0.102. The van der Waals surface area contributed by atoms with Crippen molar-refractivity contribution >= 4 is 16.8 Å². The van der Waals surface area contributed by atoms with Crippen LogP contribution in [0.25, 0.3) is 11.0 Å². The Balaban J connectivity index is 1.87. The summed E-state index contributed by atoms with van der Waals surface area (Å²) in [6, 6.07) is 6.08. The van der Waals surface area contributed by atoms with Crippen LogP contribution in [-0.2, 0) is 13.0 Å². The van der Waals surface area contributed by atoms with Crippen molar-refractivity contribution in [3.63, 3.8) is 0 Å². The molecule has 2 heterocycles. The van der Waals surface area contributed by atoms with E-state index in [4.69, 9.17) is 0 Å². The van der Waals surface area contributed by atoms with E-state index in [1.165, 1.54) is 22.9 Å². The summed E-state index contributed by atoms with van der Waals surface area (Å²) in [4.78, 5) is 44.5. The normalized spacial score (nSPS) is 16.4. The fourth-order valence-corrected chi connectivity index (χ4v) is 3.97. The highest BCUT2D eigenvalue weighted by molar-refractivity contribution is 6.02. The number of benzene rings is 1. The standard InChI is InChI=1S/C22H22FN3O3/c1-12(2)7-8-26-20-19(21(28)25-22(26)29)16-9-14(10-18(27)17(16)11-24-20)13-3-5-15(23)6-4-13/h3-6,11-12,14H,7-10H2,1-2H3,(H,25,28,29)/t14-/m0/s1. The minimum atomic E-state index is -0.525. The number of nitrogens with one attached hydrogen (secondary N) is 1. The maximum absolute atomic E-state index is 13.3. The third-order valence-corrected chi connectivity index (χ3v) is 5.57. The molecule has 3 aromatic rings. The van der Waals surface area contributed by atoms with E-state index in [1.54, 1.807) is 12.1 Å². The lowest BCUT2D eigenvalue weighted by Gasteiger charge is -2.25. The van der Waals surface area contributed by atoms with Crippen molar-refractivity contribution in [3.05, 3.63) is 73.8 Å². The highest BCUT2D eigenvalue weighted by atomic mass is 19.1. The van der Waals surface area contributed by atoms with Crippen LogP contribution in [0, 0.1) is 11.7 Å². The molecule has 29 heavy (non-hydrogen) atoms. The van der Waals surface area contributed by atoms with Crippen LogP contribution in [0.3, 0.4) is 0 Å². The molecule has 150 valence electrons. The van der Waals surface area contributed by atoms with Gasteiger partial charge in [-0.2, -0.15) is 0 Å². The molecule has 0 saturated carbocycles. The maximum Gasteiger partial charge on any atom is 0.329 e. The molecule has 1 N–H and O–H groups in total. The largest absolute Gasteiger partial charge is 0.329 e. The van der Waals surface area contributed by atoms with E-state index in [2.05, 4.69) is 23.8 Å². The molecule has 1 aliphatic carbocycles. The first-order valence-electron chi connectivity index (χ1n) is 9.78. The number of aromatic amines is 1. The van der Waals surface area contributed by atoms with Gasteiger partial charge in [-0.15, -0.1) is 0 Å². The topological polar surface area (TPSA) is 84.8 Å². The van der Waals surface area contributed by atoms with Gasteiger partial charge in [0.05, 0.1) is 5.39 Å². The van der Waals surface area contributed by atoms with Crippen molar-refractivity contribution in [2.45, 2.75) is 45.6 Å². The number of pyridine rings is 1. The highest BCUT2D eigenvalue weighted by Gasteiger charge is 2.30. The summed E-state index contributed by atoms with van der Waals surface area (Å²) in [5.41, 5.74) is 1.18. The number of fused-ring (bicyclic) bond motifs is 3. The van der Waals surface area contributed by atoms with E-state index in [0.29, 0.717) is 41.0 Å². The molecule has 0 bridgehead atoms. The first-order chi connectivity index (χ1) is 13.8. The van der Waals surface area contributed by atoms with Crippen molar-refractivity contribution < 1.29 is 9.18 Å². The lowest BCUT2D eigenvalue weighted by atomic mass is 9.79. The van der Waals surface area contributed by atoms with Gasteiger partial charge in [0.15, 0.2) is 5.78 Å². The van der Waals surface area contributed by atoms with Gasteiger partial charge in [0.2, 0.25) is 0 Å². The predicted octanol–water partition coefficient (Wildman–Crippen LogP) is 3.18. The van der Waals surface area contributed by atoms with Crippen molar-refractivity contribution in [2.24, 2.45) is 5.92 Å². The Bertz CT molecular complexity index is 1210. The number of H-pyrrole nitrogens is 1. The Kier molecular flexibility index (Phi) is 4.90. The zero-order chi connectivity index (χ0) is 20.7. The van der Waals surface area contributed by atoms with Gasteiger partial charge >= 0.3 is 5.69 Å². The first-order valence-corrected chi connectivity index (χ1v) is 9.78. The fourth-order valence-electron chi connectivity index (χ4n) is 3.97. The number of Topliss-reactive ketones (excluding diaryl/α,β-unsaturated/α-hetero) is 1. The molecule has 0 saturated heterocycles. The molecule has 0 unspecified atom stereocenters. The second-order valence-corrected chi connectivity index (χ2v) is 8.02. The summed E-state index contributed by atoms with van der Waals surface area (Å²) < 4.78 is 14.8. The van der Waals surface area contributed by atoms with Gasteiger partial charge in [-0.05, 0) is 47.9 Å². The van der Waals surface area contributed by atoms with Gasteiger partial charge in [0, 0.05) is 24.7 Å². The lowest BCUT2D eigenvalue weighted by molar-refractivity contribution is 0.0964. The van der Waals surface area contributed by atoms with E-state index < -0.39 is 11.2 Å². The summed E-state index contributed by atoms with van der Waals surface area (Å²) in [7, 11) is 0. The number of ketones is 1. The molecule has 7 heteroatoms. The number of aromatic nitrogens is 3. The average molecular weight is 395 g/mol. The third-order valence-electron chi connectivity index (χ3n) is 5.57. The van der Waals surface area contributed by atoms with E-state index in [-0.39, 0.29) is 23.9 Å². The van der Waals surface area contributed by atoms with Crippen LogP contribution in [0.1, 0.15) is 54.1 Å². The molecule has 1 aromatic carbocycles. The molecule has 0 amide bonds. The van der Waals surface area contributed by atoms with Gasteiger partial charge < -0.3 is 0 Å². The fraction of sp³-hybridized carbons (Fsp3) is 0.364. The molecule has 1 aliphatic rings. The predicted molar refractivity (Wildman–Crippen MR) is 108 cm³/mol. The Morgan fingerprint density at radius 2 is 1.90 bits per heavy atom. The van der Waals surface area contributed by atoms with Crippen LogP contribution >= 0.6 is 0 Å². The number of hydrogen-bond acceptors (Lipinski definition) is 4. The zero-order valence-electron chi connectivity index (χ0n) is 16.4. The lowest BCUT2D eigenvalue weighted by Crippen LogP contribution is -2.33. The summed E-state index contributed by atoms with van der Waals surface area (Å²) in [6.45, 7) is 4.55. The van der Waals surface area contributed by atoms with Crippen LogP contribution in [0.2, 0.25) is 0 Å². The summed E-state index contributed by atoms with van der Waals surface area (Å²) in [6.07, 6.45) is 2.97. The molecule has 4 rings (SSSR count). The zero-order valence-corrected chi connectivity index (χ0v) is 16.4. The number of carbonyl (C=O) groups is 1. The molecule has 0 radical (unpaired) electrons. The third kappa shape index (κ3) is 3.52. The molecule has 0 fully saturated rings. The SMILES string of the molecule is CC(C)CCn1c(=O)[nH]c(=O)c2c3c(cnc21)C(=O)C[C@@H](c1ccc(F)cc1)C3. The van der Waals surface area contributed by atoms with Gasteiger partial charge in [-0.25, -0.2) is 14.2 Å². The van der Waals surface area contributed by atoms with Crippen LogP contribution in [0.15, 0.2) is 40.1 Å². The van der Waals surface area contributed by atoms with Gasteiger partial charge in [-0.1, -0.05) is 26.0 Å². The molecule has 0 spiro atoms. The van der Waals surface area contributed by atoms with Gasteiger partial charge in [0.1, 0.15) is 11.5 Å². The monoisotopic (exact) mass is 395 g/mol. The first kappa shape index (κ1) is 19.2. The molecular formula is C22H22FN3O3. The van der Waals surface area contributed by atoms with Gasteiger partial charge in [-0.3, -0.25) is 19.1 Å². The molecular weight excluding hydrogens is 373 g/mol. The Morgan fingerprint density at radius 1 is 1.17 bits per heavy atom. The van der Waals surface area contributed by atoms with Crippen LogP contribution in [-0.4, -0.2) is 20.3 Å². The van der Waals surface area contributed by atoms with Crippen LogP contribution in [0.5, 0.6) is 0 Å². The molecule has 6 nitrogen and oxygen atoms in total. The summed E-state index contributed by atoms with van der Waals surface area (Å²) >= 11 is 0. The number of carbonyl (C=O) groups excluding carboxylic acids is 1. The van der Waals surface area contributed by atoms with Crippen molar-refractivity contribution in [2.75, 3.05) is 0 Å². The molecule has 1 atom stereocenters. The van der Waals surface area contributed by atoms with Crippen molar-refractivity contribution in [3.8, 4) is 0 Å². The highest BCUT2D eigenvalue weighted by Crippen LogP contribution is 2.34. The summed E-state index contributed by atoms with van der Waals surface area (Å²) in [5.74, 6) is -0.214. The Labute approximate surface area is 166 Å². The van der Waals surface area contributed by atoms with E-state index in [0.717, 1.165) is 12.0 Å². The van der Waals surface area contributed by atoms with Crippen LogP contribution < -0.4 is 11.2 Å². The smallest absolute Gasteiger partial charge is 0.294 e. The maximum atomic E-state index is 13.3. The average Bonchev–Trinajstić information content (AvgIpc) is 2.67. The molecule has 2 aromatic heterocycles. The second-order valence-electron chi connectivity index (χ2n) is 8.02. The number of halogens is 1. The number of nitrogens with zero attached hydrogens (tertiary/aromatic N) is 2. The van der Waals surface area contributed by atoms with Crippen molar-refractivity contribution in [1.29, 1.82) is 0 Å². The van der Waals surface area contributed by atoms with E-state index in [9.17, 15) is 18.8 Å². The van der Waals surface area contributed by atoms with E-state index in [1.807, 2.05) is 0 Å². The minimum Gasteiger partial charge on any atom is -0.294 e. The number of hydrogen-bond donors (Lipinski definition) is 1. The summed E-state index contributed by atoms with van der Waals surface area (Å²) in [5, 5.41) is 0.297. The van der Waals surface area contributed by atoms with Crippen LogP contribution in [0.4, 0.5) is 4.39 Å².